The summed E-state index contributed by atoms with van der Waals surface area (Å²) in [4.78, 5) is 2.18. The van der Waals surface area contributed by atoms with E-state index in [4.69, 9.17) is 5.73 Å². The van der Waals surface area contributed by atoms with Crippen molar-refractivity contribution in [3.63, 3.8) is 0 Å². The molecule has 0 spiro atoms. The van der Waals surface area contributed by atoms with Gasteiger partial charge in [0.1, 0.15) is 5.82 Å². The molecule has 1 heterocycles. The first-order chi connectivity index (χ1) is 8.16. The first-order valence-electron chi connectivity index (χ1n) is 5.69. The quantitative estimate of drug-likeness (QED) is 0.841. The van der Waals surface area contributed by atoms with E-state index >= 15 is 0 Å². The largest absolute Gasteiger partial charge is 0.384 e. The maximum atomic E-state index is 5.78. The van der Waals surface area contributed by atoms with Crippen LogP contribution in [0, 0.1) is 0 Å². The Bertz CT molecular complexity index is 470. The van der Waals surface area contributed by atoms with Gasteiger partial charge in [0, 0.05) is 12.1 Å². The topological polar surface area (TPSA) is 57.9 Å². The van der Waals surface area contributed by atoms with Gasteiger partial charge in [-0.05, 0) is 31.6 Å². The summed E-state index contributed by atoms with van der Waals surface area (Å²) in [6.07, 6.45) is 2.82. The van der Waals surface area contributed by atoms with Crippen LogP contribution in [0.15, 0.2) is 30.5 Å². The molecule has 0 aliphatic heterocycles. The van der Waals surface area contributed by atoms with Gasteiger partial charge < -0.3 is 10.6 Å². The van der Waals surface area contributed by atoms with Gasteiger partial charge >= 0.3 is 0 Å². The lowest BCUT2D eigenvalue weighted by atomic mass is 10.0. The Balaban J connectivity index is 2.11. The zero-order chi connectivity index (χ0) is 12.3. The van der Waals surface area contributed by atoms with Crippen molar-refractivity contribution in [1.82, 2.24) is 15.1 Å². The van der Waals surface area contributed by atoms with Crippen LogP contribution in [0.4, 0.5) is 5.82 Å². The molecule has 1 aromatic heterocycles. The number of nitrogen functional groups attached to an aromatic ring is 1. The lowest BCUT2D eigenvalue weighted by Gasteiger charge is -2.09. The van der Waals surface area contributed by atoms with Gasteiger partial charge in [-0.1, -0.05) is 24.3 Å². The van der Waals surface area contributed by atoms with Gasteiger partial charge in [-0.2, -0.15) is 5.10 Å². The zero-order valence-corrected chi connectivity index (χ0v) is 10.3. The number of H-pyrrole nitrogens is 1. The van der Waals surface area contributed by atoms with Crippen molar-refractivity contribution in [3.8, 4) is 11.1 Å². The molecule has 0 aliphatic rings. The van der Waals surface area contributed by atoms with Crippen LogP contribution >= 0.6 is 0 Å². The Morgan fingerprint density at radius 3 is 2.47 bits per heavy atom. The minimum absolute atomic E-state index is 0.617. The lowest BCUT2D eigenvalue weighted by molar-refractivity contribution is 0.413. The molecule has 0 aliphatic carbocycles. The summed E-state index contributed by atoms with van der Waals surface area (Å²) in [5, 5.41) is 6.67. The second kappa shape index (κ2) is 5.01. The Morgan fingerprint density at radius 2 is 1.94 bits per heavy atom. The molecule has 0 unspecified atom stereocenters. The van der Waals surface area contributed by atoms with E-state index in [1.165, 1.54) is 5.56 Å². The van der Waals surface area contributed by atoms with Crippen molar-refractivity contribution in [2.24, 2.45) is 0 Å². The SMILES string of the molecule is CN(C)CCc1ccc(-c2cn[nH]c2N)cc1. The first kappa shape index (κ1) is 11.7. The number of rotatable bonds is 4. The van der Waals surface area contributed by atoms with Crippen LogP contribution in [0.25, 0.3) is 11.1 Å². The fraction of sp³-hybridized carbons (Fsp3) is 0.308. The number of hydrogen-bond donors (Lipinski definition) is 2. The van der Waals surface area contributed by atoms with Gasteiger partial charge in [0.15, 0.2) is 0 Å². The molecule has 2 rings (SSSR count). The van der Waals surface area contributed by atoms with Crippen molar-refractivity contribution in [1.29, 1.82) is 0 Å². The smallest absolute Gasteiger partial charge is 0.126 e. The third kappa shape index (κ3) is 2.85. The third-order valence-electron chi connectivity index (χ3n) is 2.78. The summed E-state index contributed by atoms with van der Waals surface area (Å²) in [5.41, 5.74) is 9.19. The molecule has 17 heavy (non-hydrogen) atoms. The van der Waals surface area contributed by atoms with Gasteiger partial charge in [-0.25, -0.2) is 0 Å². The highest BCUT2D eigenvalue weighted by molar-refractivity contribution is 5.72. The number of nitrogens with two attached hydrogens (primary N) is 1. The zero-order valence-electron chi connectivity index (χ0n) is 10.3. The fourth-order valence-electron chi connectivity index (χ4n) is 1.73. The van der Waals surface area contributed by atoms with Crippen LogP contribution in [0.5, 0.6) is 0 Å². The van der Waals surface area contributed by atoms with E-state index in [9.17, 15) is 0 Å². The molecule has 4 heteroatoms. The number of likely N-dealkylation sites (N-methyl/N-ethyl adjacent to an activating group) is 1. The summed E-state index contributed by atoms with van der Waals surface area (Å²) < 4.78 is 0. The number of nitrogens with zero attached hydrogens (tertiary/aromatic N) is 2. The minimum Gasteiger partial charge on any atom is -0.384 e. The highest BCUT2D eigenvalue weighted by Crippen LogP contribution is 2.23. The molecule has 2 aromatic rings. The number of aromatic amines is 1. The summed E-state index contributed by atoms with van der Waals surface area (Å²) in [6.45, 7) is 1.06. The summed E-state index contributed by atoms with van der Waals surface area (Å²) >= 11 is 0. The third-order valence-corrected chi connectivity index (χ3v) is 2.78. The number of benzene rings is 1. The average molecular weight is 230 g/mol. The highest BCUT2D eigenvalue weighted by atomic mass is 15.1. The summed E-state index contributed by atoms with van der Waals surface area (Å²) in [7, 11) is 4.17. The molecule has 3 N–H and O–H groups in total. The van der Waals surface area contributed by atoms with Crippen LogP contribution in [0.3, 0.4) is 0 Å². The fourth-order valence-corrected chi connectivity index (χ4v) is 1.73. The standard InChI is InChI=1S/C13H18N4/c1-17(2)8-7-10-3-5-11(6-4-10)12-9-15-16-13(12)14/h3-6,9H,7-8H2,1-2H3,(H3,14,15,16). The molecule has 0 bridgehead atoms. The van der Waals surface area contributed by atoms with Gasteiger partial charge in [-0.15, -0.1) is 0 Å². The van der Waals surface area contributed by atoms with E-state index < -0.39 is 0 Å². The van der Waals surface area contributed by atoms with Gasteiger partial charge in [0.25, 0.3) is 0 Å². The molecule has 0 amide bonds. The predicted molar refractivity (Wildman–Crippen MR) is 70.7 cm³/mol. The molecule has 90 valence electrons. The lowest BCUT2D eigenvalue weighted by Crippen LogP contribution is -2.14. The monoisotopic (exact) mass is 230 g/mol. The van der Waals surface area contributed by atoms with E-state index in [-0.39, 0.29) is 0 Å². The Hall–Kier alpha value is -1.81. The van der Waals surface area contributed by atoms with Gasteiger partial charge in [0.05, 0.1) is 6.20 Å². The number of anilines is 1. The number of hydrogen-bond acceptors (Lipinski definition) is 3. The molecule has 0 atom stereocenters. The van der Waals surface area contributed by atoms with E-state index in [0.717, 1.165) is 24.1 Å². The number of aromatic nitrogens is 2. The van der Waals surface area contributed by atoms with Gasteiger partial charge in [-0.3, -0.25) is 5.10 Å². The van der Waals surface area contributed by atoms with Crippen LogP contribution < -0.4 is 5.73 Å². The number of nitrogens with one attached hydrogen (secondary N) is 1. The van der Waals surface area contributed by atoms with Crippen molar-refractivity contribution in [3.05, 3.63) is 36.0 Å². The van der Waals surface area contributed by atoms with Crippen molar-refractivity contribution >= 4 is 5.82 Å². The Labute approximate surface area is 101 Å². The second-order valence-electron chi connectivity index (χ2n) is 4.45. The minimum atomic E-state index is 0.617. The first-order valence-corrected chi connectivity index (χ1v) is 5.69. The molecular formula is C13H18N4. The average Bonchev–Trinajstić information content (AvgIpc) is 2.73. The van der Waals surface area contributed by atoms with E-state index in [2.05, 4.69) is 53.5 Å². The van der Waals surface area contributed by atoms with Crippen LogP contribution in [0.2, 0.25) is 0 Å². The molecular weight excluding hydrogens is 212 g/mol. The molecule has 1 aromatic carbocycles. The van der Waals surface area contributed by atoms with Crippen molar-refractivity contribution in [2.75, 3.05) is 26.4 Å². The van der Waals surface area contributed by atoms with Gasteiger partial charge in [0.2, 0.25) is 0 Å². The maximum Gasteiger partial charge on any atom is 0.126 e. The molecule has 0 radical (unpaired) electrons. The van der Waals surface area contributed by atoms with Crippen LogP contribution in [-0.2, 0) is 6.42 Å². The van der Waals surface area contributed by atoms with Crippen LogP contribution in [0.1, 0.15) is 5.56 Å². The molecule has 0 saturated heterocycles. The highest BCUT2D eigenvalue weighted by Gasteiger charge is 2.04. The van der Waals surface area contributed by atoms with E-state index in [0.29, 0.717) is 5.82 Å². The Morgan fingerprint density at radius 1 is 1.24 bits per heavy atom. The van der Waals surface area contributed by atoms with Crippen LogP contribution in [-0.4, -0.2) is 35.7 Å². The Kier molecular flexibility index (Phi) is 3.44. The second-order valence-corrected chi connectivity index (χ2v) is 4.45. The summed E-state index contributed by atoms with van der Waals surface area (Å²) in [5.74, 6) is 0.617. The maximum absolute atomic E-state index is 5.78. The van der Waals surface area contributed by atoms with E-state index in [1.54, 1.807) is 6.20 Å². The molecule has 0 saturated carbocycles. The van der Waals surface area contributed by atoms with Crippen molar-refractivity contribution in [2.45, 2.75) is 6.42 Å². The molecule has 0 fully saturated rings. The van der Waals surface area contributed by atoms with E-state index in [1.807, 2.05) is 0 Å². The predicted octanol–water partition coefficient (Wildman–Crippen LogP) is 1.76. The molecule has 4 nitrogen and oxygen atoms in total. The normalized spacial score (nSPS) is 11.0. The van der Waals surface area contributed by atoms with Crippen molar-refractivity contribution < 1.29 is 0 Å². The summed E-state index contributed by atoms with van der Waals surface area (Å²) in [6, 6.07) is 8.47.